The highest BCUT2D eigenvalue weighted by molar-refractivity contribution is 5.26. The normalized spacial score (nSPS) is 27.8. The summed E-state index contributed by atoms with van der Waals surface area (Å²) in [5, 5.41) is 3.55. The molecule has 0 bridgehead atoms. The van der Waals surface area contributed by atoms with Crippen LogP contribution in [-0.4, -0.2) is 6.54 Å². The van der Waals surface area contributed by atoms with Crippen molar-refractivity contribution in [1.82, 2.24) is 5.32 Å². The van der Waals surface area contributed by atoms with Crippen molar-refractivity contribution in [3.05, 3.63) is 35.4 Å². The molecule has 1 fully saturated rings. The molecule has 0 aromatic heterocycles. The molecule has 70 valence electrons. The Bertz CT molecular complexity index is 293. The first-order valence-corrected chi connectivity index (χ1v) is 5.07. The van der Waals surface area contributed by atoms with Crippen LogP contribution < -0.4 is 5.32 Å². The first kappa shape index (κ1) is 8.76. The molecule has 1 saturated heterocycles. The summed E-state index contributed by atoms with van der Waals surface area (Å²) in [6.07, 6.45) is 1.30. The van der Waals surface area contributed by atoms with E-state index in [2.05, 4.69) is 43.4 Å². The number of aryl methyl sites for hydroxylation is 1. The standard InChI is InChI=1S/C12H17N/c1-9-4-3-5-11(8-9)12-10(2)6-7-13-12/h3-5,8,10,12-13H,6-7H2,1-2H3/t10-,12+/m0/s1. The predicted molar refractivity (Wildman–Crippen MR) is 55.7 cm³/mol. The van der Waals surface area contributed by atoms with Crippen molar-refractivity contribution in [2.45, 2.75) is 26.3 Å². The van der Waals surface area contributed by atoms with Gasteiger partial charge in [-0.3, -0.25) is 0 Å². The van der Waals surface area contributed by atoms with E-state index in [1.165, 1.54) is 24.1 Å². The van der Waals surface area contributed by atoms with E-state index in [-0.39, 0.29) is 0 Å². The lowest BCUT2D eigenvalue weighted by Gasteiger charge is -2.16. The van der Waals surface area contributed by atoms with Gasteiger partial charge in [0, 0.05) is 6.04 Å². The fourth-order valence-corrected chi connectivity index (χ4v) is 2.14. The van der Waals surface area contributed by atoms with Crippen molar-refractivity contribution < 1.29 is 0 Å². The summed E-state index contributed by atoms with van der Waals surface area (Å²) >= 11 is 0. The molecule has 0 spiro atoms. The molecule has 1 aromatic carbocycles. The lowest BCUT2D eigenvalue weighted by Crippen LogP contribution is -2.16. The van der Waals surface area contributed by atoms with Gasteiger partial charge >= 0.3 is 0 Å². The molecule has 1 heteroatoms. The van der Waals surface area contributed by atoms with Gasteiger partial charge in [0.25, 0.3) is 0 Å². The third-order valence-electron chi connectivity index (χ3n) is 2.93. The highest BCUT2D eigenvalue weighted by Gasteiger charge is 2.23. The van der Waals surface area contributed by atoms with Gasteiger partial charge in [0.05, 0.1) is 0 Å². The summed E-state index contributed by atoms with van der Waals surface area (Å²) < 4.78 is 0. The zero-order valence-electron chi connectivity index (χ0n) is 8.38. The number of nitrogens with one attached hydrogen (secondary N) is 1. The van der Waals surface area contributed by atoms with E-state index in [0.717, 1.165) is 5.92 Å². The van der Waals surface area contributed by atoms with E-state index < -0.39 is 0 Å². The third kappa shape index (κ3) is 1.75. The van der Waals surface area contributed by atoms with Crippen molar-refractivity contribution in [3.8, 4) is 0 Å². The van der Waals surface area contributed by atoms with E-state index in [4.69, 9.17) is 0 Å². The second-order valence-electron chi connectivity index (χ2n) is 4.11. The van der Waals surface area contributed by atoms with E-state index in [9.17, 15) is 0 Å². The fourth-order valence-electron chi connectivity index (χ4n) is 2.14. The largest absolute Gasteiger partial charge is 0.310 e. The molecule has 2 atom stereocenters. The van der Waals surface area contributed by atoms with E-state index >= 15 is 0 Å². The van der Waals surface area contributed by atoms with E-state index in [1.807, 2.05) is 0 Å². The molecule has 0 saturated carbocycles. The molecule has 1 aliphatic heterocycles. The van der Waals surface area contributed by atoms with Crippen LogP contribution in [0.1, 0.15) is 30.5 Å². The minimum atomic E-state index is 0.583. The van der Waals surface area contributed by atoms with Gasteiger partial charge in [-0.1, -0.05) is 36.8 Å². The Kier molecular flexibility index (Phi) is 2.36. The molecule has 2 rings (SSSR count). The van der Waals surface area contributed by atoms with Crippen LogP contribution in [0.3, 0.4) is 0 Å². The van der Waals surface area contributed by atoms with Crippen LogP contribution in [0.4, 0.5) is 0 Å². The lowest BCUT2D eigenvalue weighted by molar-refractivity contribution is 0.503. The number of benzene rings is 1. The average molecular weight is 175 g/mol. The van der Waals surface area contributed by atoms with E-state index in [1.54, 1.807) is 0 Å². The Labute approximate surface area is 80.2 Å². The second kappa shape index (κ2) is 3.51. The molecule has 1 aromatic rings. The van der Waals surface area contributed by atoms with Crippen molar-refractivity contribution in [1.29, 1.82) is 0 Å². The monoisotopic (exact) mass is 175 g/mol. The zero-order valence-corrected chi connectivity index (χ0v) is 8.38. The first-order chi connectivity index (χ1) is 6.27. The molecule has 13 heavy (non-hydrogen) atoms. The van der Waals surface area contributed by atoms with Gasteiger partial charge in [0.1, 0.15) is 0 Å². The minimum absolute atomic E-state index is 0.583. The lowest BCUT2D eigenvalue weighted by atomic mass is 9.95. The van der Waals surface area contributed by atoms with Crippen LogP contribution in [0, 0.1) is 12.8 Å². The maximum Gasteiger partial charge on any atom is 0.0346 e. The Balaban J connectivity index is 2.24. The Morgan fingerprint density at radius 2 is 2.23 bits per heavy atom. The second-order valence-corrected chi connectivity index (χ2v) is 4.11. The Hall–Kier alpha value is -0.820. The molecule has 1 N–H and O–H groups in total. The summed E-state index contributed by atoms with van der Waals surface area (Å²) in [6, 6.07) is 9.41. The van der Waals surface area contributed by atoms with Crippen LogP contribution >= 0.6 is 0 Å². The minimum Gasteiger partial charge on any atom is -0.310 e. The van der Waals surface area contributed by atoms with Crippen molar-refractivity contribution in [2.24, 2.45) is 5.92 Å². The van der Waals surface area contributed by atoms with Gasteiger partial charge in [-0.2, -0.15) is 0 Å². The van der Waals surface area contributed by atoms with Gasteiger partial charge in [0.2, 0.25) is 0 Å². The van der Waals surface area contributed by atoms with Crippen LogP contribution in [0.25, 0.3) is 0 Å². The maximum atomic E-state index is 3.55. The van der Waals surface area contributed by atoms with Crippen molar-refractivity contribution in [3.63, 3.8) is 0 Å². The van der Waals surface area contributed by atoms with Crippen LogP contribution in [0.15, 0.2) is 24.3 Å². The van der Waals surface area contributed by atoms with Gasteiger partial charge < -0.3 is 5.32 Å². The summed E-state index contributed by atoms with van der Waals surface area (Å²) in [5.41, 5.74) is 2.81. The number of hydrogen-bond donors (Lipinski definition) is 1. The van der Waals surface area contributed by atoms with Gasteiger partial charge in [0.15, 0.2) is 0 Å². The van der Waals surface area contributed by atoms with Gasteiger partial charge in [-0.25, -0.2) is 0 Å². The van der Waals surface area contributed by atoms with E-state index in [0.29, 0.717) is 6.04 Å². The summed E-state index contributed by atoms with van der Waals surface area (Å²) in [4.78, 5) is 0. The SMILES string of the molecule is Cc1cccc([C@@H]2NCC[C@@H]2C)c1. The Morgan fingerprint density at radius 3 is 2.85 bits per heavy atom. The zero-order chi connectivity index (χ0) is 9.26. The van der Waals surface area contributed by atoms with Gasteiger partial charge in [-0.15, -0.1) is 0 Å². The maximum absolute atomic E-state index is 3.55. The molecule has 0 radical (unpaired) electrons. The van der Waals surface area contributed by atoms with Crippen LogP contribution in [-0.2, 0) is 0 Å². The van der Waals surface area contributed by atoms with Crippen molar-refractivity contribution in [2.75, 3.05) is 6.54 Å². The molecule has 0 aliphatic carbocycles. The molecular formula is C12H17N. The molecular weight excluding hydrogens is 158 g/mol. The molecule has 1 heterocycles. The highest BCUT2D eigenvalue weighted by Crippen LogP contribution is 2.28. The fraction of sp³-hybridized carbons (Fsp3) is 0.500. The topological polar surface area (TPSA) is 12.0 Å². The smallest absolute Gasteiger partial charge is 0.0346 e. The third-order valence-corrected chi connectivity index (χ3v) is 2.93. The van der Waals surface area contributed by atoms with Crippen LogP contribution in [0.5, 0.6) is 0 Å². The number of hydrogen-bond acceptors (Lipinski definition) is 1. The summed E-state index contributed by atoms with van der Waals surface area (Å²) in [7, 11) is 0. The summed E-state index contributed by atoms with van der Waals surface area (Å²) in [6.45, 7) is 5.65. The Morgan fingerprint density at radius 1 is 1.38 bits per heavy atom. The quantitative estimate of drug-likeness (QED) is 0.692. The first-order valence-electron chi connectivity index (χ1n) is 5.07. The molecule has 0 amide bonds. The summed E-state index contributed by atoms with van der Waals surface area (Å²) in [5.74, 6) is 0.779. The van der Waals surface area contributed by atoms with Crippen LogP contribution in [0.2, 0.25) is 0 Å². The molecule has 0 unspecified atom stereocenters. The van der Waals surface area contributed by atoms with Gasteiger partial charge in [-0.05, 0) is 31.4 Å². The average Bonchev–Trinajstić information content (AvgIpc) is 2.51. The van der Waals surface area contributed by atoms with Crippen molar-refractivity contribution >= 4 is 0 Å². The predicted octanol–water partition coefficient (Wildman–Crippen LogP) is 2.67. The molecule has 1 nitrogen and oxygen atoms in total. The molecule has 1 aliphatic rings. The highest BCUT2D eigenvalue weighted by atomic mass is 14.9. The number of rotatable bonds is 1.